The molecular formula is C100H138O35. The molecule has 0 aromatic rings. The molecule has 20 fully saturated rings. The molecule has 748 valence electrons. The van der Waals surface area contributed by atoms with Crippen LogP contribution in [0.4, 0.5) is 0 Å². The average Bonchev–Trinajstić information content (AvgIpc) is 1.56. The Kier molecular flexibility index (Phi) is 30.3. The van der Waals surface area contributed by atoms with E-state index in [4.69, 9.17) is 85.3 Å². The van der Waals surface area contributed by atoms with E-state index >= 15 is 0 Å². The average molecular weight is 1900 g/mol. The van der Waals surface area contributed by atoms with Crippen LogP contribution in [0.15, 0.2) is 0 Å². The number of ether oxygens (including phenoxy) is 18. The second kappa shape index (κ2) is 40.8. The van der Waals surface area contributed by atoms with E-state index in [-0.39, 0.29) is 258 Å². The Morgan fingerprint density at radius 1 is 0.304 bits per heavy atom. The third-order valence-corrected chi connectivity index (χ3v) is 33.8. The van der Waals surface area contributed by atoms with Crippen molar-refractivity contribution in [2.24, 2.45) is 160 Å². The highest BCUT2D eigenvalue weighted by Crippen LogP contribution is 2.65. The molecule has 41 atom stereocenters. The molecular weight excluding hydrogens is 1760 g/mol. The molecule has 0 N–H and O–H groups in total. The van der Waals surface area contributed by atoms with Crippen LogP contribution in [0.5, 0.6) is 0 Å². The molecule has 35 heteroatoms. The molecule has 41 unspecified atom stereocenters. The Morgan fingerprint density at radius 3 is 0.837 bits per heavy atom. The Balaban J connectivity index is 0.000000124. The van der Waals surface area contributed by atoms with Gasteiger partial charge in [0, 0.05) is 59.2 Å². The summed E-state index contributed by atoms with van der Waals surface area (Å²) in [5, 5.41) is 0. The van der Waals surface area contributed by atoms with Crippen molar-refractivity contribution >= 4 is 101 Å². The van der Waals surface area contributed by atoms with Crippen LogP contribution in [-0.2, 0) is 167 Å². The van der Waals surface area contributed by atoms with E-state index < -0.39 is 113 Å². The van der Waals surface area contributed by atoms with Crippen LogP contribution in [0.1, 0.15) is 246 Å². The van der Waals surface area contributed by atoms with Crippen molar-refractivity contribution < 1.29 is 167 Å². The van der Waals surface area contributed by atoms with Crippen molar-refractivity contribution in [2.45, 2.75) is 349 Å². The van der Waals surface area contributed by atoms with Crippen LogP contribution in [0.25, 0.3) is 0 Å². The summed E-state index contributed by atoms with van der Waals surface area (Å²) >= 11 is 0. The first kappa shape index (κ1) is 100. The summed E-state index contributed by atoms with van der Waals surface area (Å²) in [5.74, 6) is -12.4. The highest BCUT2D eigenvalue weighted by Gasteiger charge is 2.76. The topological polar surface area (TPSA) is 456 Å². The quantitative estimate of drug-likeness (QED) is 0.0574. The summed E-state index contributed by atoms with van der Waals surface area (Å²) < 4.78 is 98.7. The summed E-state index contributed by atoms with van der Waals surface area (Å²) in [5.41, 5.74) is -0.621. The largest absolute Gasteiger partial charge is 0.469 e. The molecule has 0 aromatic carbocycles. The minimum atomic E-state index is -0.621. The molecule has 0 radical (unpaired) electrons. The standard InChI is InChI=1S/C20H28O6.C19H26O6.C18H26O6.C16H22O6.C15H20O6.C12H16O5/c1-3-10(2)18(21)25-16-12-9-13-15(20(23)26-17(13)16)14(12)19(22)24-11-7-5-4-6-8-11;1-3-9(2)17(20)24-15-11-8-12-14(19(22)25-16(12)15)13(11)18(21)23-10-6-4-5-7-10;1-6-8(2)15(19)22-13-10-7-9-11(16(20)23-14(9)13)12(10)17(21)24-18(3,4)5;1-4-7(3)14(17)21-12-8-6-9-11(16(19)22-13(9)12)10(8)15(18)20-5-2;1-4-6(2)13(16)20-11-7-5-8-10(9(7)14(17)19-3)15(18)21-12(8)11;1-3-5(2)11(13)16-9-7-4-6-8(15-7)10(9)17-12(6)14/h10-17H,3-9H2,1-2H3;9-16H,3-8H2,1-2H3;8-14H,6-7H2,1-5H3;7-13H,4-6H2,1-3H3;6-12H,4-5H2,1-3H3;5-10H,3-4H2,1-2H3. The molecule has 12 saturated carbocycles. The fourth-order valence-corrected chi connectivity index (χ4v) is 25.6. The lowest BCUT2D eigenvalue weighted by atomic mass is 9.78. The number of fused-ring (bicyclic) bond motifs is 6. The van der Waals surface area contributed by atoms with E-state index in [2.05, 4.69) is 0 Å². The smallest absolute Gasteiger partial charge is 0.312 e. The summed E-state index contributed by atoms with van der Waals surface area (Å²) in [6, 6.07) is 0. The van der Waals surface area contributed by atoms with Crippen LogP contribution in [0.3, 0.4) is 0 Å². The van der Waals surface area contributed by atoms with E-state index in [1.165, 1.54) is 13.5 Å². The summed E-state index contributed by atoms with van der Waals surface area (Å²) in [6.07, 6.45) is 11.7. The lowest BCUT2D eigenvalue weighted by Gasteiger charge is -2.32. The molecule has 20 rings (SSSR count). The molecule has 0 amide bonds. The predicted molar refractivity (Wildman–Crippen MR) is 461 cm³/mol. The molecule has 8 aliphatic heterocycles. The van der Waals surface area contributed by atoms with Crippen LogP contribution >= 0.6 is 0 Å². The maximum absolute atomic E-state index is 12.9. The molecule has 8 saturated heterocycles. The lowest BCUT2D eigenvalue weighted by Crippen LogP contribution is -2.45. The van der Waals surface area contributed by atoms with Gasteiger partial charge in [-0.15, -0.1) is 0 Å². The number of rotatable bonds is 26. The van der Waals surface area contributed by atoms with Gasteiger partial charge in [0.2, 0.25) is 0 Å². The van der Waals surface area contributed by atoms with Gasteiger partial charge in [-0.25, -0.2) is 0 Å². The van der Waals surface area contributed by atoms with Crippen molar-refractivity contribution in [3.63, 3.8) is 0 Å². The summed E-state index contributed by atoms with van der Waals surface area (Å²) in [7, 11) is 1.31. The third kappa shape index (κ3) is 18.9. The van der Waals surface area contributed by atoms with Gasteiger partial charge in [0.05, 0.1) is 120 Å². The normalized spacial score (nSPS) is 40.1. The molecule has 0 spiro atoms. The second-order valence-corrected chi connectivity index (χ2v) is 42.6. The van der Waals surface area contributed by atoms with Gasteiger partial charge < -0.3 is 85.3 Å². The highest BCUT2D eigenvalue weighted by molar-refractivity contribution is 5.91. The Bertz CT molecular complexity index is 4520. The van der Waals surface area contributed by atoms with Gasteiger partial charge in [-0.3, -0.25) is 81.5 Å². The van der Waals surface area contributed by atoms with Gasteiger partial charge in [0.1, 0.15) is 85.0 Å². The fraction of sp³-hybridized carbons (Fsp3) is 0.830. The number of hydrogen-bond acceptors (Lipinski definition) is 35. The van der Waals surface area contributed by atoms with E-state index in [9.17, 15) is 81.5 Å². The maximum Gasteiger partial charge on any atom is 0.312 e. The Hall–Kier alpha value is -9.05. The highest BCUT2D eigenvalue weighted by atomic mass is 16.7. The van der Waals surface area contributed by atoms with E-state index in [0.717, 1.165) is 57.8 Å². The zero-order chi connectivity index (χ0) is 97.4. The minimum absolute atomic E-state index is 0.0200. The Labute approximate surface area is 787 Å². The van der Waals surface area contributed by atoms with Gasteiger partial charge in [-0.2, -0.15) is 0 Å². The first-order valence-electron chi connectivity index (χ1n) is 50.2. The molecule has 35 nitrogen and oxygen atoms in total. The first-order chi connectivity index (χ1) is 64.2. The van der Waals surface area contributed by atoms with Crippen LogP contribution in [0.2, 0.25) is 0 Å². The van der Waals surface area contributed by atoms with E-state index in [1.807, 2.05) is 76.2 Å². The van der Waals surface area contributed by atoms with Crippen molar-refractivity contribution in [1.82, 2.24) is 0 Å². The first-order valence-corrected chi connectivity index (χ1v) is 50.2. The minimum Gasteiger partial charge on any atom is -0.469 e. The lowest BCUT2D eigenvalue weighted by molar-refractivity contribution is -0.173. The maximum atomic E-state index is 12.9. The summed E-state index contributed by atoms with van der Waals surface area (Å²) in [4.78, 5) is 207. The number of carbonyl (C=O) groups excluding carboxylic acids is 17. The molecule has 135 heavy (non-hydrogen) atoms. The third-order valence-electron chi connectivity index (χ3n) is 33.8. The number of hydrogen-bond donors (Lipinski definition) is 0. The van der Waals surface area contributed by atoms with E-state index in [0.29, 0.717) is 70.6 Å². The number of carbonyl (C=O) groups is 17. The number of esters is 17. The van der Waals surface area contributed by atoms with Crippen molar-refractivity contribution in [3.8, 4) is 0 Å². The van der Waals surface area contributed by atoms with Gasteiger partial charge in [0.15, 0.2) is 12.2 Å². The van der Waals surface area contributed by atoms with Crippen molar-refractivity contribution in [2.75, 3.05) is 13.7 Å². The van der Waals surface area contributed by atoms with Gasteiger partial charge in [0.25, 0.3) is 0 Å². The number of methoxy groups -OCH3 is 1. The van der Waals surface area contributed by atoms with Crippen LogP contribution in [0, 0.1) is 160 Å². The molecule has 12 bridgehead atoms. The SMILES string of the molecule is CCC(C)C(=O)OC1C2CC3C(=O)OC1C3O2.CCC(C)C(=O)OC1C2CC3C1OC(=O)C3C2C(=O)OC.CCC(C)C(=O)OC1C2CC3C1OC(=O)C3C2C(=O)OC(C)(C)C.CCC(C)C(=O)OC1C2CC3C1OC(=O)C3C2C(=O)OC1CCCC1.CCC(C)C(=O)OC1C2CC3C1OC(=O)C3C2C(=O)OC1CCCCC1.CCOC(=O)C1C2CC3C(OC(=O)C31)C2OC(=O)C(C)CC. The molecule has 8 heterocycles. The molecule has 12 aliphatic carbocycles. The summed E-state index contributed by atoms with van der Waals surface area (Å²) in [6.45, 7) is 29.9. The fourth-order valence-electron chi connectivity index (χ4n) is 25.6. The molecule has 20 aliphatic rings. The van der Waals surface area contributed by atoms with Gasteiger partial charge >= 0.3 is 101 Å². The van der Waals surface area contributed by atoms with Crippen LogP contribution in [-0.4, -0.2) is 218 Å². The zero-order valence-corrected chi connectivity index (χ0v) is 80.7. The van der Waals surface area contributed by atoms with E-state index in [1.54, 1.807) is 34.6 Å². The van der Waals surface area contributed by atoms with Gasteiger partial charge in [-0.05, 0) is 156 Å². The monoisotopic (exact) mass is 1900 g/mol. The van der Waals surface area contributed by atoms with Gasteiger partial charge in [-0.1, -0.05) is 89.5 Å². The van der Waals surface area contributed by atoms with Crippen molar-refractivity contribution in [1.29, 1.82) is 0 Å². The molecule has 0 aromatic heterocycles. The Morgan fingerprint density at radius 2 is 0.563 bits per heavy atom. The van der Waals surface area contributed by atoms with Crippen LogP contribution < -0.4 is 0 Å². The zero-order valence-electron chi connectivity index (χ0n) is 80.7. The van der Waals surface area contributed by atoms with Crippen molar-refractivity contribution in [3.05, 3.63) is 0 Å². The second-order valence-electron chi connectivity index (χ2n) is 42.6. The predicted octanol–water partition coefficient (Wildman–Crippen LogP) is 9.86.